The molecule has 2 aromatic heterocycles. The molecule has 0 amide bonds. The van der Waals surface area contributed by atoms with Crippen LogP contribution in [-0.4, -0.2) is 31.0 Å². The molecule has 0 saturated heterocycles. The van der Waals surface area contributed by atoms with Crippen molar-refractivity contribution in [2.75, 3.05) is 0 Å². The number of halogens is 2. The highest BCUT2D eigenvalue weighted by Gasteiger charge is 2.51. The predicted molar refractivity (Wildman–Crippen MR) is 106 cm³/mol. The summed E-state index contributed by atoms with van der Waals surface area (Å²) in [6.45, 7) is 4.12. The largest absolute Gasteiger partial charge is 0.481 e. The molecule has 0 bridgehead atoms. The molecule has 2 aliphatic carbocycles. The van der Waals surface area contributed by atoms with Gasteiger partial charge < -0.3 is 9.63 Å². The fraction of sp³-hybridized carbons (Fsp3) is 0.455. The maximum atomic E-state index is 13.6. The second-order valence-electron chi connectivity index (χ2n) is 8.63. The van der Waals surface area contributed by atoms with Crippen molar-refractivity contribution >= 4 is 5.97 Å². The fourth-order valence-electron chi connectivity index (χ4n) is 4.76. The first kappa shape index (κ1) is 19.8. The highest BCUT2D eigenvalue weighted by Crippen LogP contribution is 2.54. The third-order valence-electron chi connectivity index (χ3n) is 6.58. The molecule has 7 nitrogen and oxygen atoms in total. The summed E-state index contributed by atoms with van der Waals surface area (Å²) in [5.41, 5.74) is 3.12. The first-order valence-electron chi connectivity index (χ1n) is 10.3. The van der Waals surface area contributed by atoms with Gasteiger partial charge in [0.25, 0.3) is 12.3 Å². The standard InChI is InChI=1S/C22H22F2N4O3/c1-11-4-3-5-12(2)17(11)22(6-7-22)21-25-19(31-27-21)15-10-16(18(23)24)28(26-15)14-8-13(9-14)20(29)30/h3-5,10,13-14,18H,6-9H2,1-2H3,(H,29,30). The molecule has 0 unspecified atom stereocenters. The van der Waals surface area contributed by atoms with Gasteiger partial charge >= 0.3 is 5.97 Å². The Labute approximate surface area is 177 Å². The monoisotopic (exact) mass is 428 g/mol. The molecule has 2 fully saturated rings. The molecule has 2 heterocycles. The summed E-state index contributed by atoms with van der Waals surface area (Å²) in [5, 5.41) is 17.5. The Kier molecular flexibility index (Phi) is 4.46. The Morgan fingerprint density at radius 1 is 1.26 bits per heavy atom. The number of aliphatic carboxylic acids is 1. The van der Waals surface area contributed by atoms with Crippen molar-refractivity contribution in [2.24, 2.45) is 5.92 Å². The van der Waals surface area contributed by atoms with E-state index < -0.39 is 18.3 Å². The van der Waals surface area contributed by atoms with Gasteiger partial charge in [-0.2, -0.15) is 10.1 Å². The SMILES string of the molecule is Cc1cccc(C)c1C1(c2noc(-c3cc(C(F)F)n(C4CC(C(=O)O)C4)n3)n2)CC1. The third kappa shape index (κ3) is 3.14. The Morgan fingerprint density at radius 3 is 2.52 bits per heavy atom. The third-order valence-corrected chi connectivity index (χ3v) is 6.58. The second kappa shape index (κ2) is 6.96. The van der Waals surface area contributed by atoms with Crippen LogP contribution in [0.4, 0.5) is 8.78 Å². The van der Waals surface area contributed by atoms with E-state index in [1.807, 2.05) is 6.07 Å². The van der Waals surface area contributed by atoms with Gasteiger partial charge in [-0.25, -0.2) is 8.78 Å². The number of carboxylic acid groups (broad SMARTS) is 1. The minimum absolute atomic E-state index is 0.0993. The molecule has 2 aliphatic rings. The molecule has 162 valence electrons. The van der Waals surface area contributed by atoms with Crippen LogP contribution < -0.4 is 0 Å². The molecule has 9 heteroatoms. The number of hydrogen-bond acceptors (Lipinski definition) is 5. The van der Waals surface area contributed by atoms with Gasteiger partial charge in [-0.15, -0.1) is 0 Å². The number of nitrogens with zero attached hydrogens (tertiary/aromatic N) is 4. The quantitative estimate of drug-likeness (QED) is 0.617. The number of hydrogen-bond donors (Lipinski definition) is 1. The molecule has 3 aromatic rings. The van der Waals surface area contributed by atoms with E-state index in [1.54, 1.807) is 0 Å². The molecular weight excluding hydrogens is 406 g/mol. The second-order valence-corrected chi connectivity index (χ2v) is 8.63. The van der Waals surface area contributed by atoms with Crippen molar-refractivity contribution in [2.45, 2.75) is 57.4 Å². The van der Waals surface area contributed by atoms with Gasteiger partial charge in [0.05, 0.1) is 17.4 Å². The molecule has 1 aromatic carbocycles. The van der Waals surface area contributed by atoms with Crippen molar-refractivity contribution in [3.05, 3.63) is 52.5 Å². The minimum atomic E-state index is -2.74. The van der Waals surface area contributed by atoms with E-state index in [2.05, 4.69) is 41.2 Å². The van der Waals surface area contributed by atoms with Gasteiger partial charge in [-0.05, 0) is 62.3 Å². The summed E-state index contributed by atoms with van der Waals surface area (Å²) in [7, 11) is 0. The van der Waals surface area contributed by atoms with E-state index >= 15 is 0 Å². The lowest BCUT2D eigenvalue weighted by atomic mass is 9.80. The molecular formula is C22H22F2N4O3. The number of rotatable bonds is 6. The smallest absolute Gasteiger partial charge is 0.306 e. The summed E-state index contributed by atoms with van der Waals surface area (Å²) in [6.07, 6.45) is -0.390. The Morgan fingerprint density at radius 2 is 1.94 bits per heavy atom. The zero-order chi connectivity index (χ0) is 21.9. The van der Waals surface area contributed by atoms with Crippen LogP contribution in [0.25, 0.3) is 11.6 Å². The first-order valence-corrected chi connectivity index (χ1v) is 10.3. The van der Waals surface area contributed by atoms with Gasteiger partial charge in [-0.1, -0.05) is 23.4 Å². The van der Waals surface area contributed by atoms with E-state index in [-0.39, 0.29) is 41.6 Å². The predicted octanol–water partition coefficient (Wildman–Crippen LogP) is 4.60. The summed E-state index contributed by atoms with van der Waals surface area (Å²) < 4.78 is 33.9. The fourth-order valence-corrected chi connectivity index (χ4v) is 4.76. The molecule has 0 aliphatic heterocycles. The molecule has 1 N–H and O–H groups in total. The van der Waals surface area contributed by atoms with Crippen molar-refractivity contribution in [3.63, 3.8) is 0 Å². The zero-order valence-corrected chi connectivity index (χ0v) is 17.2. The van der Waals surface area contributed by atoms with Crippen LogP contribution in [0.1, 0.15) is 66.4 Å². The van der Waals surface area contributed by atoms with E-state index in [1.165, 1.54) is 16.3 Å². The Balaban J connectivity index is 1.47. The average Bonchev–Trinajstić information content (AvgIpc) is 3.11. The van der Waals surface area contributed by atoms with Crippen molar-refractivity contribution in [3.8, 4) is 11.6 Å². The highest BCUT2D eigenvalue weighted by molar-refractivity contribution is 5.71. The average molecular weight is 428 g/mol. The van der Waals surface area contributed by atoms with Crippen molar-refractivity contribution in [1.82, 2.24) is 19.9 Å². The van der Waals surface area contributed by atoms with E-state index in [4.69, 9.17) is 9.63 Å². The van der Waals surface area contributed by atoms with Gasteiger partial charge in [0, 0.05) is 0 Å². The number of benzene rings is 1. The van der Waals surface area contributed by atoms with Crippen LogP contribution in [0.2, 0.25) is 0 Å². The lowest BCUT2D eigenvalue weighted by molar-refractivity contribution is -0.146. The zero-order valence-electron chi connectivity index (χ0n) is 17.2. The number of carbonyl (C=O) groups is 1. The van der Waals surface area contributed by atoms with E-state index in [0.717, 1.165) is 24.0 Å². The maximum Gasteiger partial charge on any atom is 0.306 e. The molecule has 0 spiro atoms. The van der Waals surface area contributed by atoms with Crippen LogP contribution in [0.3, 0.4) is 0 Å². The van der Waals surface area contributed by atoms with Gasteiger partial charge in [-0.3, -0.25) is 9.48 Å². The summed E-state index contributed by atoms with van der Waals surface area (Å²) in [4.78, 5) is 15.6. The molecule has 2 saturated carbocycles. The molecule has 0 radical (unpaired) electrons. The molecule has 0 atom stereocenters. The Bertz CT molecular complexity index is 1140. The van der Waals surface area contributed by atoms with E-state index in [0.29, 0.717) is 5.82 Å². The number of aryl methyl sites for hydroxylation is 2. The topological polar surface area (TPSA) is 94.0 Å². The van der Waals surface area contributed by atoms with E-state index in [9.17, 15) is 13.6 Å². The number of aromatic nitrogens is 4. The van der Waals surface area contributed by atoms with Gasteiger partial charge in [0.1, 0.15) is 5.69 Å². The van der Waals surface area contributed by atoms with Crippen LogP contribution in [0.5, 0.6) is 0 Å². The van der Waals surface area contributed by atoms with Crippen LogP contribution in [-0.2, 0) is 10.2 Å². The molecule has 31 heavy (non-hydrogen) atoms. The lowest BCUT2D eigenvalue weighted by Gasteiger charge is -2.33. The van der Waals surface area contributed by atoms with Crippen LogP contribution in [0, 0.1) is 19.8 Å². The summed E-state index contributed by atoms with van der Waals surface area (Å²) in [6, 6.07) is 7.02. The Hall–Kier alpha value is -3.10. The number of carboxylic acids is 1. The minimum Gasteiger partial charge on any atom is -0.481 e. The van der Waals surface area contributed by atoms with Gasteiger partial charge in [0.15, 0.2) is 11.5 Å². The normalized spacial score (nSPS) is 21.8. The van der Waals surface area contributed by atoms with Crippen molar-refractivity contribution in [1.29, 1.82) is 0 Å². The number of alkyl halides is 2. The summed E-state index contributed by atoms with van der Waals surface area (Å²) in [5.74, 6) is -0.792. The molecule has 5 rings (SSSR count). The van der Waals surface area contributed by atoms with Crippen LogP contribution in [0.15, 0.2) is 28.8 Å². The lowest BCUT2D eigenvalue weighted by Crippen LogP contribution is -2.33. The van der Waals surface area contributed by atoms with Crippen LogP contribution >= 0.6 is 0 Å². The maximum absolute atomic E-state index is 13.6. The highest BCUT2D eigenvalue weighted by atomic mass is 19.3. The summed E-state index contributed by atoms with van der Waals surface area (Å²) >= 11 is 0. The first-order chi connectivity index (χ1) is 14.8. The van der Waals surface area contributed by atoms with Crippen molar-refractivity contribution < 1.29 is 23.2 Å². The van der Waals surface area contributed by atoms with Gasteiger partial charge in [0.2, 0.25) is 0 Å².